The summed E-state index contributed by atoms with van der Waals surface area (Å²) in [5, 5.41) is 10.8. The molecule has 1 aliphatic rings. The van der Waals surface area contributed by atoms with Crippen LogP contribution in [-0.4, -0.2) is 29.1 Å². The van der Waals surface area contributed by atoms with E-state index in [4.69, 9.17) is 4.98 Å². The monoisotopic (exact) mass is 526 g/mol. The molecule has 10 heteroatoms. The van der Waals surface area contributed by atoms with Crippen LogP contribution in [0.25, 0.3) is 32.6 Å². The Hall–Kier alpha value is -3.76. The van der Waals surface area contributed by atoms with Gasteiger partial charge in [-0.25, -0.2) is 9.55 Å². The van der Waals surface area contributed by atoms with Gasteiger partial charge in [0.1, 0.15) is 10.7 Å². The van der Waals surface area contributed by atoms with Crippen LogP contribution in [0.3, 0.4) is 0 Å². The van der Waals surface area contributed by atoms with Gasteiger partial charge in [-0.1, -0.05) is 49.0 Å². The minimum Gasteiger partial charge on any atom is -0.309 e. The maximum absolute atomic E-state index is 13.4. The van der Waals surface area contributed by atoms with Gasteiger partial charge in [-0.05, 0) is 55.0 Å². The van der Waals surface area contributed by atoms with Crippen LogP contribution < -0.4 is 11.1 Å². The molecule has 0 saturated heterocycles. The van der Waals surface area contributed by atoms with Gasteiger partial charge in [0.2, 0.25) is 5.78 Å². The van der Waals surface area contributed by atoms with Crippen molar-refractivity contribution in [3.05, 3.63) is 91.6 Å². The number of benzene rings is 2. The second-order valence-electron chi connectivity index (χ2n) is 9.44. The third kappa shape index (κ3) is 3.62. The standard InChI is InChI=1S/C27H22N6O2S2/c1-15-11-12-18-20(13-15)37-24-22(18)23(34)28-21(29-24)14-36-27-31-30-26-32(16-7-3-2-4-8-16)25(35)17-9-5-6-10-19(17)33(26)27/h2-10,15H,11-14H2,1H3,(H,28,29,34)/t15-/m0/s1. The highest BCUT2D eigenvalue weighted by Crippen LogP contribution is 2.36. The van der Waals surface area contributed by atoms with Crippen molar-refractivity contribution < 1.29 is 0 Å². The largest absolute Gasteiger partial charge is 0.309 e. The van der Waals surface area contributed by atoms with Crippen LogP contribution in [-0.2, 0) is 18.6 Å². The third-order valence-corrected chi connectivity index (χ3v) is 9.05. The smallest absolute Gasteiger partial charge is 0.267 e. The number of aryl methyl sites for hydroxylation is 1. The van der Waals surface area contributed by atoms with Gasteiger partial charge < -0.3 is 4.98 Å². The lowest BCUT2D eigenvalue weighted by Crippen LogP contribution is -2.21. The molecule has 184 valence electrons. The topological polar surface area (TPSA) is 97.9 Å². The fourth-order valence-corrected chi connectivity index (χ4v) is 7.39. The number of H-pyrrole nitrogens is 1. The Balaban J connectivity index is 1.32. The highest BCUT2D eigenvalue weighted by molar-refractivity contribution is 7.98. The zero-order valence-corrected chi connectivity index (χ0v) is 21.6. The van der Waals surface area contributed by atoms with E-state index in [0.29, 0.717) is 33.8 Å². The van der Waals surface area contributed by atoms with E-state index in [1.807, 2.05) is 59.0 Å². The Labute approximate surface area is 219 Å². The lowest BCUT2D eigenvalue weighted by atomic mass is 9.89. The number of fused-ring (bicyclic) bond motifs is 6. The van der Waals surface area contributed by atoms with Crippen LogP contribution in [0.5, 0.6) is 0 Å². The van der Waals surface area contributed by atoms with Gasteiger partial charge in [0, 0.05) is 4.88 Å². The van der Waals surface area contributed by atoms with Crippen molar-refractivity contribution in [1.29, 1.82) is 0 Å². The molecule has 8 nitrogen and oxygen atoms in total. The summed E-state index contributed by atoms with van der Waals surface area (Å²) in [5.41, 5.74) is 2.42. The molecule has 4 heterocycles. The minimum absolute atomic E-state index is 0.0675. The molecular formula is C27H22N6O2S2. The van der Waals surface area contributed by atoms with E-state index in [2.05, 4.69) is 22.1 Å². The molecule has 1 aliphatic carbocycles. The molecule has 0 aliphatic heterocycles. The predicted molar refractivity (Wildman–Crippen MR) is 147 cm³/mol. The van der Waals surface area contributed by atoms with Crippen LogP contribution in [0.2, 0.25) is 0 Å². The van der Waals surface area contributed by atoms with Crippen molar-refractivity contribution in [3.8, 4) is 5.69 Å². The summed E-state index contributed by atoms with van der Waals surface area (Å²) < 4.78 is 3.49. The molecule has 6 aromatic rings. The summed E-state index contributed by atoms with van der Waals surface area (Å²) in [5.74, 6) is 2.10. The van der Waals surface area contributed by atoms with Gasteiger partial charge in [0.25, 0.3) is 11.1 Å². The van der Waals surface area contributed by atoms with Crippen molar-refractivity contribution in [1.82, 2.24) is 29.1 Å². The van der Waals surface area contributed by atoms with E-state index in [9.17, 15) is 9.59 Å². The molecule has 0 unspecified atom stereocenters. The maximum atomic E-state index is 13.4. The first-order chi connectivity index (χ1) is 18.1. The number of hydrogen-bond acceptors (Lipinski definition) is 7. The van der Waals surface area contributed by atoms with Crippen molar-refractivity contribution in [3.63, 3.8) is 0 Å². The number of nitrogens with zero attached hydrogens (tertiary/aromatic N) is 5. The minimum atomic E-state index is -0.148. The summed E-state index contributed by atoms with van der Waals surface area (Å²) in [4.78, 5) is 36.4. The van der Waals surface area contributed by atoms with Crippen LogP contribution in [0.4, 0.5) is 0 Å². The van der Waals surface area contributed by atoms with Gasteiger partial charge in [-0.15, -0.1) is 21.5 Å². The van der Waals surface area contributed by atoms with E-state index in [1.54, 1.807) is 15.9 Å². The normalized spacial score (nSPS) is 15.5. The van der Waals surface area contributed by atoms with E-state index in [-0.39, 0.29) is 11.1 Å². The Kier molecular flexibility index (Phi) is 5.26. The summed E-state index contributed by atoms with van der Waals surface area (Å²) in [6.07, 6.45) is 3.07. The molecule has 7 rings (SSSR count). The quantitative estimate of drug-likeness (QED) is 0.333. The Morgan fingerprint density at radius 3 is 2.76 bits per heavy atom. The van der Waals surface area contributed by atoms with Crippen LogP contribution in [0, 0.1) is 5.92 Å². The van der Waals surface area contributed by atoms with Gasteiger partial charge in [-0.2, -0.15) is 0 Å². The molecule has 0 amide bonds. The summed E-state index contributed by atoms with van der Waals surface area (Å²) in [6.45, 7) is 2.26. The first-order valence-corrected chi connectivity index (χ1v) is 14.0. The first-order valence-electron chi connectivity index (χ1n) is 12.2. The number of hydrogen-bond donors (Lipinski definition) is 1. The van der Waals surface area contributed by atoms with Gasteiger partial charge in [-0.3, -0.25) is 14.0 Å². The van der Waals surface area contributed by atoms with E-state index in [0.717, 1.165) is 40.7 Å². The van der Waals surface area contributed by atoms with Crippen molar-refractivity contribution in [2.24, 2.45) is 5.92 Å². The molecule has 4 aromatic heterocycles. The van der Waals surface area contributed by atoms with E-state index < -0.39 is 0 Å². The van der Waals surface area contributed by atoms with Crippen molar-refractivity contribution >= 4 is 50.0 Å². The van der Waals surface area contributed by atoms with Gasteiger partial charge >= 0.3 is 0 Å². The molecule has 0 fully saturated rings. The lowest BCUT2D eigenvalue weighted by molar-refractivity contribution is 0.509. The SMILES string of the molecule is C[C@H]1CCc2c(sc3nc(CSc4nnc5n(-c6ccccc6)c(=O)c6ccccc6n45)[nH]c(=O)c23)C1. The van der Waals surface area contributed by atoms with Crippen molar-refractivity contribution in [2.75, 3.05) is 0 Å². The number of rotatable bonds is 4. The summed E-state index contributed by atoms with van der Waals surface area (Å²) >= 11 is 3.08. The Bertz CT molecular complexity index is 1940. The summed E-state index contributed by atoms with van der Waals surface area (Å²) in [7, 11) is 0. The molecule has 0 spiro atoms. The zero-order valence-electron chi connectivity index (χ0n) is 20.0. The van der Waals surface area contributed by atoms with Gasteiger partial charge in [0.15, 0.2) is 5.16 Å². The van der Waals surface area contributed by atoms with Crippen LogP contribution in [0.15, 0.2) is 69.3 Å². The summed E-state index contributed by atoms with van der Waals surface area (Å²) in [6, 6.07) is 16.9. The predicted octanol–water partition coefficient (Wildman–Crippen LogP) is 4.75. The molecule has 0 saturated carbocycles. The molecule has 1 atom stereocenters. The third-order valence-electron chi connectivity index (χ3n) is 6.96. The number of para-hydroxylation sites is 2. The molecule has 1 N–H and O–H groups in total. The number of thiophene rings is 1. The Morgan fingerprint density at radius 1 is 1.08 bits per heavy atom. The lowest BCUT2D eigenvalue weighted by Gasteiger charge is -2.17. The molecule has 0 radical (unpaired) electrons. The van der Waals surface area contributed by atoms with Crippen LogP contribution >= 0.6 is 23.1 Å². The molecule has 0 bridgehead atoms. The fourth-order valence-electron chi connectivity index (χ4n) is 5.18. The highest BCUT2D eigenvalue weighted by atomic mass is 32.2. The molecule has 37 heavy (non-hydrogen) atoms. The van der Waals surface area contributed by atoms with Gasteiger partial charge in [0.05, 0.1) is 27.7 Å². The maximum Gasteiger partial charge on any atom is 0.267 e. The van der Waals surface area contributed by atoms with Crippen LogP contribution in [0.1, 0.15) is 29.6 Å². The second kappa shape index (κ2) is 8.67. The molecule has 2 aromatic carbocycles. The zero-order chi connectivity index (χ0) is 25.1. The highest BCUT2D eigenvalue weighted by Gasteiger charge is 2.23. The van der Waals surface area contributed by atoms with E-state index in [1.165, 1.54) is 22.2 Å². The van der Waals surface area contributed by atoms with E-state index >= 15 is 0 Å². The molecular weight excluding hydrogens is 504 g/mol. The number of aromatic amines is 1. The average molecular weight is 527 g/mol. The first kappa shape index (κ1) is 22.4. The average Bonchev–Trinajstić information content (AvgIpc) is 3.49. The van der Waals surface area contributed by atoms with Crippen molar-refractivity contribution in [2.45, 2.75) is 37.1 Å². The second-order valence-corrected chi connectivity index (χ2v) is 11.5. The fraction of sp³-hybridized carbons (Fsp3) is 0.222. The number of nitrogens with one attached hydrogen (secondary N) is 1. The number of aromatic nitrogens is 6. The number of thioether (sulfide) groups is 1. The Morgan fingerprint density at radius 2 is 1.89 bits per heavy atom.